The number of benzene rings is 2. The lowest BCUT2D eigenvalue weighted by Gasteiger charge is -2.32. The molecule has 0 bridgehead atoms. The summed E-state index contributed by atoms with van der Waals surface area (Å²) in [7, 11) is 0. The Labute approximate surface area is 198 Å². The van der Waals surface area contributed by atoms with E-state index in [1.165, 1.54) is 11.6 Å². The van der Waals surface area contributed by atoms with Crippen LogP contribution in [-0.4, -0.2) is 27.9 Å². The second-order valence-corrected chi connectivity index (χ2v) is 9.21. The SMILES string of the molecule is Cc1nccn1-c1ccc(CNC(=O)C2CCCCC2C(=O)N2CCc3ccccc32)cc1F. The monoisotopic (exact) mass is 460 g/mol. The predicted octanol–water partition coefficient (Wildman–Crippen LogP) is 4.33. The molecular weight excluding hydrogens is 431 g/mol. The number of hydrogen-bond acceptors (Lipinski definition) is 3. The molecule has 1 N–H and O–H groups in total. The van der Waals surface area contributed by atoms with E-state index in [4.69, 9.17) is 0 Å². The molecule has 176 valence electrons. The molecular formula is C27H29FN4O2. The van der Waals surface area contributed by atoms with Crippen LogP contribution in [0.2, 0.25) is 0 Å². The maximum atomic E-state index is 14.7. The van der Waals surface area contributed by atoms with Gasteiger partial charge in [0.1, 0.15) is 11.6 Å². The Morgan fingerprint density at radius 3 is 2.65 bits per heavy atom. The van der Waals surface area contributed by atoms with E-state index < -0.39 is 0 Å². The van der Waals surface area contributed by atoms with Crippen LogP contribution in [-0.2, 0) is 22.6 Å². The number of imidazole rings is 1. The van der Waals surface area contributed by atoms with Crippen LogP contribution in [0.15, 0.2) is 54.9 Å². The highest BCUT2D eigenvalue weighted by Gasteiger charge is 2.39. The first-order valence-electron chi connectivity index (χ1n) is 12.0. The lowest BCUT2D eigenvalue weighted by atomic mass is 9.77. The summed E-state index contributed by atoms with van der Waals surface area (Å²) < 4.78 is 16.4. The van der Waals surface area contributed by atoms with Gasteiger partial charge < -0.3 is 14.8 Å². The lowest BCUT2D eigenvalue weighted by molar-refractivity contribution is -0.135. The van der Waals surface area contributed by atoms with E-state index in [0.29, 0.717) is 30.0 Å². The highest BCUT2D eigenvalue weighted by atomic mass is 19.1. The number of rotatable bonds is 5. The zero-order valence-corrected chi connectivity index (χ0v) is 19.3. The molecule has 3 aromatic rings. The normalized spacial score (nSPS) is 19.6. The van der Waals surface area contributed by atoms with E-state index in [1.54, 1.807) is 23.0 Å². The summed E-state index contributed by atoms with van der Waals surface area (Å²) in [6.45, 7) is 2.71. The quantitative estimate of drug-likeness (QED) is 0.616. The number of hydrogen-bond donors (Lipinski definition) is 1. The molecule has 0 radical (unpaired) electrons. The first-order chi connectivity index (χ1) is 16.5. The van der Waals surface area contributed by atoms with Crippen LogP contribution in [0.4, 0.5) is 10.1 Å². The standard InChI is InChI=1S/C27H29FN4O2/c1-18-29-13-15-31(18)25-11-10-19(16-23(25)28)17-30-26(33)21-7-3-4-8-22(21)27(34)32-14-12-20-6-2-5-9-24(20)32/h2,5-6,9-11,13,15-16,21-22H,3-4,7-8,12,14,17H2,1H3,(H,30,33). The van der Waals surface area contributed by atoms with E-state index >= 15 is 0 Å². The summed E-state index contributed by atoms with van der Waals surface area (Å²) in [6.07, 6.45) is 7.52. The van der Waals surface area contributed by atoms with E-state index in [1.807, 2.05) is 36.1 Å². The highest BCUT2D eigenvalue weighted by molar-refractivity contribution is 5.99. The van der Waals surface area contributed by atoms with Crippen molar-refractivity contribution in [1.82, 2.24) is 14.9 Å². The molecule has 1 aromatic heterocycles. The lowest BCUT2D eigenvalue weighted by Crippen LogP contribution is -2.45. The summed E-state index contributed by atoms with van der Waals surface area (Å²) >= 11 is 0. The maximum Gasteiger partial charge on any atom is 0.230 e. The molecule has 2 aromatic carbocycles. The Kier molecular flexibility index (Phi) is 6.18. The number of nitrogens with one attached hydrogen (secondary N) is 1. The average Bonchev–Trinajstić information content (AvgIpc) is 3.48. The Hall–Kier alpha value is -3.48. The summed E-state index contributed by atoms with van der Waals surface area (Å²) in [5.74, 6) is -0.411. The summed E-state index contributed by atoms with van der Waals surface area (Å²) in [5.41, 5.74) is 3.26. The number of carbonyl (C=O) groups excluding carboxylic acids is 2. The van der Waals surface area contributed by atoms with Gasteiger partial charge in [-0.3, -0.25) is 9.59 Å². The highest BCUT2D eigenvalue weighted by Crippen LogP contribution is 2.36. The number of fused-ring (bicyclic) bond motifs is 1. The zero-order chi connectivity index (χ0) is 23.7. The Balaban J connectivity index is 1.26. The van der Waals surface area contributed by atoms with Crippen molar-refractivity contribution in [3.8, 4) is 5.69 Å². The van der Waals surface area contributed by atoms with Gasteiger partial charge in [-0.25, -0.2) is 9.37 Å². The first kappa shape index (κ1) is 22.3. The fourth-order valence-electron chi connectivity index (χ4n) is 5.32. The predicted molar refractivity (Wildman–Crippen MR) is 128 cm³/mol. The van der Waals surface area contributed by atoms with Crippen molar-refractivity contribution in [1.29, 1.82) is 0 Å². The second-order valence-electron chi connectivity index (χ2n) is 9.21. The Morgan fingerprint density at radius 2 is 1.88 bits per heavy atom. The minimum Gasteiger partial charge on any atom is -0.352 e. The number of nitrogens with zero attached hydrogens (tertiary/aromatic N) is 3. The maximum absolute atomic E-state index is 14.7. The molecule has 2 unspecified atom stereocenters. The topological polar surface area (TPSA) is 67.2 Å². The second kappa shape index (κ2) is 9.41. The largest absolute Gasteiger partial charge is 0.352 e. The number of aromatic nitrogens is 2. The molecule has 0 saturated heterocycles. The minimum atomic E-state index is -0.369. The van der Waals surface area contributed by atoms with Crippen LogP contribution in [0.5, 0.6) is 0 Å². The molecule has 5 rings (SSSR count). The average molecular weight is 461 g/mol. The molecule has 1 aliphatic carbocycles. The molecule has 2 amide bonds. The molecule has 2 aliphatic rings. The van der Waals surface area contributed by atoms with Gasteiger partial charge in [0.2, 0.25) is 11.8 Å². The van der Waals surface area contributed by atoms with Crippen LogP contribution in [0.25, 0.3) is 5.69 Å². The molecule has 34 heavy (non-hydrogen) atoms. The molecule has 1 saturated carbocycles. The van der Waals surface area contributed by atoms with E-state index in [9.17, 15) is 14.0 Å². The van der Waals surface area contributed by atoms with Crippen LogP contribution in [0, 0.1) is 24.6 Å². The zero-order valence-electron chi connectivity index (χ0n) is 19.3. The third-order valence-corrected chi connectivity index (χ3v) is 7.14. The van der Waals surface area contributed by atoms with Crippen molar-refractivity contribution >= 4 is 17.5 Å². The van der Waals surface area contributed by atoms with Gasteiger partial charge in [-0.2, -0.15) is 0 Å². The van der Waals surface area contributed by atoms with Crippen molar-refractivity contribution < 1.29 is 14.0 Å². The van der Waals surface area contributed by atoms with Gasteiger partial charge >= 0.3 is 0 Å². The number of halogens is 1. The van der Waals surface area contributed by atoms with Crippen molar-refractivity contribution in [3.05, 3.63) is 77.6 Å². The molecule has 6 nitrogen and oxygen atoms in total. The third-order valence-electron chi connectivity index (χ3n) is 7.14. The third kappa shape index (κ3) is 4.22. The Morgan fingerprint density at radius 1 is 1.09 bits per heavy atom. The molecule has 1 aliphatic heterocycles. The van der Waals surface area contributed by atoms with Crippen LogP contribution in [0.1, 0.15) is 42.6 Å². The van der Waals surface area contributed by atoms with Crippen molar-refractivity contribution in [2.75, 3.05) is 11.4 Å². The molecule has 7 heteroatoms. The van der Waals surface area contributed by atoms with Gasteiger partial charge in [-0.1, -0.05) is 37.1 Å². The molecule has 0 spiro atoms. The van der Waals surface area contributed by atoms with Crippen LogP contribution >= 0.6 is 0 Å². The van der Waals surface area contributed by atoms with Gasteiger partial charge in [0, 0.05) is 37.1 Å². The number of carbonyl (C=O) groups is 2. The summed E-state index contributed by atoms with van der Waals surface area (Å²) in [5, 5.41) is 2.96. The fourth-order valence-corrected chi connectivity index (χ4v) is 5.32. The van der Waals surface area contributed by atoms with E-state index in [2.05, 4.69) is 16.4 Å². The molecule has 2 atom stereocenters. The summed E-state index contributed by atoms with van der Waals surface area (Å²) in [4.78, 5) is 32.6. The van der Waals surface area contributed by atoms with E-state index in [-0.39, 0.29) is 36.0 Å². The van der Waals surface area contributed by atoms with Crippen LogP contribution in [0.3, 0.4) is 0 Å². The van der Waals surface area contributed by atoms with Gasteiger partial charge in [0.15, 0.2) is 0 Å². The molecule has 2 heterocycles. The van der Waals surface area contributed by atoms with E-state index in [0.717, 1.165) is 31.4 Å². The first-order valence-corrected chi connectivity index (χ1v) is 12.0. The summed E-state index contributed by atoms with van der Waals surface area (Å²) in [6, 6.07) is 12.9. The smallest absolute Gasteiger partial charge is 0.230 e. The van der Waals surface area contributed by atoms with Crippen molar-refractivity contribution in [2.45, 2.75) is 45.6 Å². The van der Waals surface area contributed by atoms with Gasteiger partial charge in [-0.05, 0) is 55.5 Å². The minimum absolute atomic E-state index is 0.0518. The number of amides is 2. The van der Waals surface area contributed by atoms with Gasteiger partial charge in [0.25, 0.3) is 0 Å². The number of aryl methyl sites for hydroxylation is 1. The van der Waals surface area contributed by atoms with Crippen molar-refractivity contribution in [2.24, 2.45) is 11.8 Å². The number of para-hydroxylation sites is 1. The fraction of sp³-hybridized carbons (Fsp3) is 0.370. The van der Waals surface area contributed by atoms with Gasteiger partial charge in [-0.15, -0.1) is 0 Å². The molecule has 1 fully saturated rings. The number of anilines is 1. The van der Waals surface area contributed by atoms with Crippen LogP contribution < -0.4 is 10.2 Å². The van der Waals surface area contributed by atoms with Crippen molar-refractivity contribution in [3.63, 3.8) is 0 Å². The van der Waals surface area contributed by atoms with Gasteiger partial charge in [0.05, 0.1) is 11.6 Å². The Bertz CT molecular complexity index is 1220.